The monoisotopic (exact) mass is 1230 g/mol. The molecule has 0 aliphatic heterocycles. The molecule has 2 fully saturated rings. The van der Waals surface area contributed by atoms with Crippen molar-refractivity contribution in [1.82, 2.24) is 64.8 Å². The van der Waals surface area contributed by atoms with Gasteiger partial charge in [0.05, 0.1) is 48.1 Å². The third kappa shape index (κ3) is 15.8. The van der Waals surface area contributed by atoms with Crippen molar-refractivity contribution in [3.63, 3.8) is 0 Å². The lowest BCUT2D eigenvalue weighted by Gasteiger charge is -2.28. The van der Waals surface area contributed by atoms with E-state index in [1.165, 1.54) is 33.6 Å². The number of aromatic nitrogens is 12. The van der Waals surface area contributed by atoms with Gasteiger partial charge in [-0.05, 0) is 116 Å². The molecule has 0 saturated heterocycles. The Balaban J connectivity index is 0.000000220. The predicted molar refractivity (Wildman–Crippen MR) is 310 cm³/mol. The van der Waals surface area contributed by atoms with E-state index >= 15 is 0 Å². The summed E-state index contributed by atoms with van der Waals surface area (Å²) in [5, 5.41) is 32.3. The smallest absolute Gasteiger partial charge is 0.408 e. The van der Waals surface area contributed by atoms with Crippen molar-refractivity contribution < 1.29 is 55.7 Å². The van der Waals surface area contributed by atoms with Gasteiger partial charge in [-0.25, -0.2) is 43.0 Å². The maximum atomic E-state index is 14.9. The lowest BCUT2D eigenvalue weighted by Crippen LogP contribution is -2.47. The van der Waals surface area contributed by atoms with E-state index < -0.39 is 59.0 Å². The SMILES string of the molecule is CCOC1CCC(n2cc(NC(=O)c3csc(-c4cn[nH]c4)n3)c(-c3nc(F)ccc3F)n2)CC1.CCOC1CCC(n2cc(NC(=O)c3csc(-c4cnn(COC(=O)[C@@H](NC(=O)OC(C)(C)C)C(C)C)c4)n3)c(-c3nc(F)ccc3F)n2)CC1. The summed E-state index contributed by atoms with van der Waals surface area (Å²) < 4.78 is 84.4. The Morgan fingerprint density at radius 1 is 0.674 bits per heavy atom. The highest BCUT2D eigenvalue weighted by Gasteiger charge is 2.31. The van der Waals surface area contributed by atoms with Crippen LogP contribution < -0.4 is 16.0 Å². The largest absolute Gasteiger partial charge is 0.444 e. The Hall–Kier alpha value is -8.28. The average Bonchev–Trinajstić information content (AvgIpc) is 3.49. The van der Waals surface area contributed by atoms with Crippen LogP contribution in [0.3, 0.4) is 0 Å². The molecule has 456 valence electrons. The fraction of sp³-hybridized carbons (Fsp3) is 0.439. The topological polar surface area (TPSA) is 275 Å². The number of amides is 3. The van der Waals surface area contributed by atoms with Crippen LogP contribution in [0.1, 0.15) is 133 Å². The van der Waals surface area contributed by atoms with Crippen molar-refractivity contribution in [2.75, 3.05) is 23.8 Å². The molecule has 8 heterocycles. The highest BCUT2D eigenvalue weighted by Crippen LogP contribution is 2.37. The molecule has 0 aromatic carbocycles. The summed E-state index contributed by atoms with van der Waals surface area (Å²) in [6, 6.07) is 2.89. The Bertz CT molecular complexity index is 3620. The maximum absolute atomic E-state index is 14.9. The second-order valence-electron chi connectivity index (χ2n) is 21.6. The van der Waals surface area contributed by atoms with Gasteiger partial charge in [0.15, 0.2) is 18.4 Å². The first kappa shape index (κ1) is 62.3. The minimum Gasteiger partial charge on any atom is -0.444 e. The quantitative estimate of drug-likeness (QED) is 0.0333. The van der Waals surface area contributed by atoms with Crippen molar-refractivity contribution in [3.05, 3.63) is 107 Å². The molecule has 2 saturated carbocycles. The number of nitrogens with zero attached hydrogens (tertiary/aromatic N) is 11. The van der Waals surface area contributed by atoms with Crippen LogP contribution >= 0.6 is 22.7 Å². The molecule has 1 atom stereocenters. The van der Waals surface area contributed by atoms with Crippen LogP contribution in [-0.2, 0) is 30.5 Å². The van der Waals surface area contributed by atoms with Gasteiger partial charge in [0, 0.05) is 59.9 Å². The van der Waals surface area contributed by atoms with E-state index in [2.05, 4.69) is 61.4 Å². The molecule has 10 rings (SSSR count). The number of aromatic amines is 1. The zero-order valence-electron chi connectivity index (χ0n) is 48.2. The molecular formula is C57H65F4N15O8S2. The van der Waals surface area contributed by atoms with Crippen LogP contribution in [0.25, 0.3) is 43.9 Å². The lowest BCUT2D eigenvalue weighted by atomic mass is 9.93. The third-order valence-electron chi connectivity index (χ3n) is 13.9. The first-order valence-electron chi connectivity index (χ1n) is 28.0. The summed E-state index contributed by atoms with van der Waals surface area (Å²) in [6.45, 7) is 13.7. The van der Waals surface area contributed by atoms with Crippen LogP contribution in [0.5, 0.6) is 0 Å². The fourth-order valence-electron chi connectivity index (χ4n) is 9.74. The number of ether oxygens (including phenoxy) is 4. The number of halogens is 4. The summed E-state index contributed by atoms with van der Waals surface area (Å²) in [7, 11) is 0. The number of anilines is 2. The summed E-state index contributed by atoms with van der Waals surface area (Å²) in [6.07, 6.45) is 15.9. The Labute approximate surface area is 499 Å². The second kappa shape index (κ2) is 27.8. The molecule has 3 amide bonds. The summed E-state index contributed by atoms with van der Waals surface area (Å²) in [5.41, 5.74) is 0.727. The van der Waals surface area contributed by atoms with E-state index in [1.54, 1.807) is 85.7 Å². The van der Waals surface area contributed by atoms with E-state index in [4.69, 9.17) is 18.9 Å². The number of pyridine rings is 2. The van der Waals surface area contributed by atoms with E-state index in [9.17, 15) is 36.7 Å². The number of hydrogen-bond donors (Lipinski definition) is 4. The number of hydrogen-bond acceptors (Lipinski definition) is 18. The number of thiazole rings is 2. The number of nitrogens with one attached hydrogen (secondary N) is 4. The lowest BCUT2D eigenvalue weighted by molar-refractivity contribution is -0.151. The van der Waals surface area contributed by atoms with Gasteiger partial charge in [0.1, 0.15) is 55.8 Å². The van der Waals surface area contributed by atoms with Gasteiger partial charge in [-0.15, -0.1) is 22.7 Å². The Morgan fingerprint density at radius 3 is 1.63 bits per heavy atom. The van der Waals surface area contributed by atoms with Crippen LogP contribution in [0.2, 0.25) is 0 Å². The molecule has 86 heavy (non-hydrogen) atoms. The van der Waals surface area contributed by atoms with Crippen molar-refractivity contribution in [2.24, 2.45) is 5.92 Å². The molecular weight excluding hydrogens is 1160 g/mol. The highest BCUT2D eigenvalue weighted by atomic mass is 32.1. The van der Waals surface area contributed by atoms with Gasteiger partial charge in [0.2, 0.25) is 11.9 Å². The van der Waals surface area contributed by atoms with Crippen LogP contribution in [0.4, 0.5) is 33.7 Å². The van der Waals surface area contributed by atoms with E-state index in [-0.39, 0.29) is 82.5 Å². The molecule has 8 aromatic rings. The van der Waals surface area contributed by atoms with Gasteiger partial charge < -0.3 is 34.9 Å². The zero-order valence-corrected chi connectivity index (χ0v) is 49.8. The Kier molecular flexibility index (Phi) is 20.1. The van der Waals surface area contributed by atoms with Crippen LogP contribution in [0.15, 0.2) is 72.2 Å². The van der Waals surface area contributed by atoms with Gasteiger partial charge in [-0.2, -0.15) is 29.2 Å². The first-order chi connectivity index (χ1) is 41.2. The standard InChI is InChI=1S/C34H42F2N8O6S.C23H23F2N7O2S/c1-7-48-22-10-8-21(9-11-22)44-16-24(29(42-44)28-23(35)12-13-26(36)40-28)38-30(45)25-17-51-31(39-25)20-14-37-43(15-20)18-49-32(46)27(19(2)3)41-33(47)50-34(4,5)6;1-2-34-15-5-3-14(4-6-15)32-11-17(21(31-32)20-16(24)7-8-19(25)30-20)28-22(33)18-12-35-23(29-18)13-9-26-27-10-13/h12-17,19,21-22,27H,7-11,18H2,1-6H3,(H,38,45)(H,41,47);7-12,14-15H,2-6H2,1H3,(H,26,27)(H,28,33)/t21?,22?,27-;/m0./s1. The highest BCUT2D eigenvalue weighted by molar-refractivity contribution is 7.13. The van der Waals surface area contributed by atoms with Gasteiger partial charge in [0.25, 0.3) is 11.8 Å². The van der Waals surface area contributed by atoms with Gasteiger partial charge >= 0.3 is 12.1 Å². The number of rotatable bonds is 19. The summed E-state index contributed by atoms with van der Waals surface area (Å²) >= 11 is 2.48. The van der Waals surface area contributed by atoms with Crippen molar-refractivity contribution in [3.8, 4) is 43.9 Å². The molecule has 0 radical (unpaired) electrons. The average molecular weight is 1230 g/mol. The van der Waals surface area contributed by atoms with Gasteiger partial charge in [-0.3, -0.25) is 24.1 Å². The molecule has 0 bridgehead atoms. The zero-order chi connectivity index (χ0) is 61.2. The first-order valence-corrected chi connectivity index (χ1v) is 29.8. The van der Waals surface area contributed by atoms with Crippen molar-refractivity contribution in [1.29, 1.82) is 0 Å². The van der Waals surface area contributed by atoms with Crippen molar-refractivity contribution >= 4 is 57.9 Å². The van der Waals surface area contributed by atoms with E-state index in [0.29, 0.717) is 28.8 Å². The number of H-pyrrole nitrogens is 1. The predicted octanol–water partition coefficient (Wildman–Crippen LogP) is 11.2. The number of carbonyl (C=O) groups excluding carboxylic acids is 4. The normalized spacial score (nSPS) is 17.3. The fourth-order valence-corrected chi connectivity index (χ4v) is 11.3. The molecule has 2 aliphatic carbocycles. The van der Waals surface area contributed by atoms with E-state index in [0.717, 1.165) is 81.2 Å². The minimum atomic E-state index is -0.939. The molecule has 23 nitrogen and oxygen atoms in total. The van der Waals surface area contributed by atoms with Crippen LogP contribution in [0, 0.1) is 29.4 Å². The summed E-state index contributed by atoms with van der Waals surface area (Å²) in [5.74, 6) is -5.24. The molecule has 4 N–H and O–H groups in total. The minimum absolute atomic E-state index is 0.000409. The summed E-state index contributed by atoms with van der Waals surface area (Å²) in [4.78, 5) is 67.7. The van der Waals surface area contributed by atoms with E-state index in [1.807, 2.05) is 13.8 Å². The third-order valence-corrected chi connectivity index (χ3v) is 15.7. The molecule has 29 heteroatoms. The molecule has 0 unspecified atom stereocenters. The number of esters is 1. The van der Waals surface area contributed by atoms with Gasteiger partial charge in [-0.1, -0.05) is 13.8 Å². The molecule has 8 aromatic heterocycles. The molecule has 2 aliphatic rings. The number of carbonyl (C=O) groups is 4. The molecule has 0 spiro atoms. The Morgan fingerprint density at radius 2 is 1.17 bits per heavy atom. The maximum Gasteiger partial charge on any atom is 0.408 e. The second-order valence-corrected chi connectivity index (χ2v) is 23.4. The number of alkyl carbamates (subject to hydrolysis) is 1. The van der Waals surface area contributed by atoms with Crippen LogP contribution in [-0.4, -0.2) is 120 Å². The van der Waals surface area contributed by atoms with Crippen molar-refractivity contribution in [2.45, 2.75) is 142 Å².